The molecular weight excluding hydrogens is 262 g/mol. The van der Waals surface area contributed by atoms with Gasteiger partial charge in [0.1, 0.15) is 0 Å². The van der Waals surface area contributed by atoms with E-state index in [1.54, 1.807) is 7.11 Å². The summed E-state index contributed by atoms with van der Waals surface area (Å²) >= 11 is 0. The van der Waals surface area contributed by atoms with E-state index >= 15 is 0 Å². The Morgan fingerprint density at radius 2 is 1.81 bits per heavy atom. The molecule has 0 spiro atoms. The lowest BCUT2D eigenvalue weighted by Gasteiger charge is -2.17. The number of ether oxygens (including phenoxy) is 2. The highest BCUT2D eigenvalue weighted by Crippen LogP contribution is 2.20. The van der Waals surface area contributed by atoms with Crippen molar-refractivity contribution < 1.29 is 9.47 Å². The van der Waals surface area contributed by atoms with E-state index < -0.39 is 0 Å². The maximum atomic E-state index is 5.57. The van der Waals surface area contributed by atoms with Gasteiger partial charge in [0.05, 0.1) is 13.2 Å². The Morgan fingerprint density at radius 1 is 1.00 bits per heavy atom. The van der Waals surface area contributed by atoms with Gasteiger partial charge < -0.3 is 14.8 Å². The summed E-state index contributed by atoms with van der Waals surface area (Å²) in [7, 11) is 3.71. The molecule has 114 valence electrons. The zero-order valence-electron chi connectivity index (χ0n) is 13.0. The topological polar surface area (TPSA) is 30.5 Å². The van der Waals surface area contributed by atoms with Gasteiger partial charge in [0.15, 0.2) is 0 Å². The van der Waals surface area contributed by atoms with E-state index in [0.29, 0.717) is 19.3 Å². The van der Waals surface area contributed by atoms with Crippen LogP contribution in [0.2, 0.25) is 0 Å². The molecular formula is C18H25NO2. The predicted octanol–water partition coefficient (Wildman–Crippen LogP) is 3.02. The van der Waals surface area contributed by atoms with Gasteiger partial charge in [0, 0.05) is 19.8 Å². The van der Waals surface area contributed by atoms with E-state index in [-0.39, 0.29) is 0 Å². The zero-order valence-corrected chi connectivity index (χ0v) is 13.0. The quantitative estimate of drug-likeness (QED) is 0.719. The average molecular weight is 287 g/mol. The number of hydrogen-bond acceptors (Lipinski definition) is 3. The summed E-state index contributed by atoms with van der Waals surface area (Å²) in [6.45, 7) is 2.09. The normalized spacial score (nSPS) is 12.7. The third-order valence-electron chi connectivity index (χ3n) is 3.80. The highest BCUT2D eigenvalue weighted by Gasteiger charge is 2.09. The Balaban J connectivity index is 1.94. The van der Waals surface area contributed by atoms with Gasteiger partial charge in [-0.3, -0.25) is 0 Å². The van der Waals surface area contributed by atoms with Crippen molar-refractivity contribution in [2.24, 2.45) is 0 Å². The molecule has 0 bridgehead atoms. The standard InChI is InChI=1S/C18H25NO2/c1-19-17(10-11-21-13-12-20-2)14-16-8-5-7-15-6-3-4-9-18(15)16/h3-9,17,19H,10-14H2,1-2H3. The fraction of sp³-hybridized carbons (Fsp3) is 0.444. The van der Waals surface area contributed by atoms with E-state index in [2.05, 4.69) is 47.8 Å². The molecule has 0 saturated heterocycles. The monoisotopic (exact) mass is 287 g/mol. The van der Waals surface area contributed by atoms with E-state index in [1.165, 1.54) is 16.3 Å². The van der Waals surface area contributed by atoms with Gasteiger partial charge in [0.25, 0.3) is 0 Å². The van der Waals surface area contributed by atoms with E-state index in [9.17, 15) is 0 Å². The average Bonchev–Trinajstić information content (AvgIpc) is 2.53. The van der Waals surface area contributed by atoms with Crippen LogP contribution >= 0.6 is 0 Å². The van der Waals surface area contributed by atoms with Gasteiger partial charge in [-0.15, -0.1) is 0 Å². The van der Waals surface area contributed by atoms with Gasteiger partial charge >= 0.3 is 0 Å². The molecule has 0 fully saturated rings. The van der Waals surface area contributed by atoms with Crippen LogP contribution in [-0.4, -0.2) is 40.0 Å². The van der Waals surface area contributed by atoms with Crippen LogP contribution in [0.4, 0.5) is 0 Å². The summed E-state index contributed by atoms with van der Waals surface area (Å²) in [6, 6.07) is 15.5. The second kappa shape index (κ2) is 8.78. The summed E-state index contributed by atoms with van der Waals surface area (Å²) in [5, 5.41) is 6.05. The molecule has 0 aliphatic heterocycles. The number of likely N-dealkylation sites (N-methyl/N-ethyl adjacent to an activating group) is 1. The number of rotatable bonds is 9. The maximum Gasteiger partial charge on any atom is 0.0700 e. The molecule has 3 nitrogen and oxygen atoms in total. The summed E-state index contributed by atoms with van der Waals surface area (Å²) in [5.74, 6) is 0. The minimum atomic E-state index is 0.429. The number of methoxy groups -OCH3 is 1. The number of hydrogen-bond donors (Lipinski definition) is 1. The van der Waals surface area contributed by atoms with Crippen LogP contribution in [0, 0.1) is 0 Å². The smallest absolute Gasteiger partial charge is 0.0700 e. The molecule has 1 N–H and O–H groups in total. The molecule has 0 aliphatic rings. The molecule has 2 aromatic rings. The van der Waals surface area contributed by atoms with Crippen molar-refractivity contribution in [2.45, 2.75) is 18.9 Å². The third-order valence-corrected chi connectivity index (χ3v) is 3.80. The van der Waals surface area contributed by atoms with Crippen LogP contribution in [0.3, 0.4) is 0 Å². The Morgan fingerprint density at radius 3 is 2.62 bits per heavy atom. The summed E-state index contributed by atoms with van der Waals surface area (Å²) in [5.41, 5.74) is 1.39. The molecule has 2 rings (SSSR count). The van der Waals surface area contributed by atoms with Gasteiger partial charge in [-0.05, 0) is 36.2 Å². The van der Waals surface area contributed by atoms with Gasteiger partial charge in [-0.1, -0.05) is 42.5 Å². The number of nitrogens with one attached hydrogen (secondary N) is 1. The number of benzene rings is 2. The van der Waals surface area contributed by atoms with Gasteiger partial charge in [-0.2, -0.15) is 0 Å². The van der Waals surface area contributed by atoms with Crippen molar-refractivity contribution in [2.75, 3.05) is 34.0 Å². The second-order valence-electron chi connectivity index (χ2n) is 5.22. The lowest BCUT2D eigenvalue weighted by molar-refractivity contribution is 0.0661. The van der Waals surface area contributed by atoms with Crippen molar-refractivity contribution in [1.29, 1.82) is 0 Å². The first-order valence-electron chi connectivity index (χ1n) is 7.55. The molecule has 0 saturated carbocycles. The van der Waals surface area contributed by atoms with Crippen molar-refractivity contribution in [3.8, 4) is 0 Å². The summed E-state index contributed by atoms with van der Waals surface area (Å²) in [4.78, 5) is 0. The third kappa shape index (κ3) is 4.81. The molecule has 0 amide bonds. The number of fused-ring (bicyclic) bond motifs is 1. The van der Waals surface area contributed by atoms with Crippen LogP contribution in [-0.2, 0) is 15.9 Å². The molecule has 0 aromatic heterocycles. The van der Waals surface area contributed by atoms with Crippen molar-refractivity contribution in [1.82, 2.24) is 5.32 Å². The van der Waals surface area contributed by atoms with E-state index in [0.717, 1.165) is 19.4 Å². The van der Waals surface area contributed by atoms with Crippen LogP contribution in [0.15, 0.2) is 42.5 Å². The van der Waals surface area contributed by atoms with Crippen LogP contribution < -0.4 is 5.32 Å². The van der Waals surface area contributed by atoms with Crippen LogP contribution in [0.25, 0.3) is 10.8 Å². The molecule has 3 heteroatoms. The molecule has 0 heterocycles. The van der Waals surface area contributed by atoms with E-state index in [1.807, 2.05) is 7.05 Å². The Labute approximate surface area is 127 Å². The molecule has 1 unspecified atom stereocenters. The lowest BCUT2D eigenvalue weighted by Crippen LogP contribution is -2.29. The fourth-order valence-electron chi connectivity index (χ4n) is 2.55. The van der Waals surface area contributed by atoms with E-state index in [4.69, 9.17) is 9.47 Å². The van der Waals surface area contributed by atoms with Gasteiger partial charge in [0.2, 0.25) is 0 Å². The Bertz CT molecular complexity index is 536. The summed E-state index contributed by atoms with van der Waals surface area (Å²) < 4.78 is 10.5. The lowest BCUT2D eigenvalue weighted by atomic mass is 9.97. The molecule has 1 atom stereocenters. The van der Waals surface area contributed by atoms with Crippen molar-refractivity contribution in [3.63, 3.8) is 0 Å². The highest BCUT2D eigenvalue weighted by molar-refractivity contribution is 5.85. The van der Waals surface area contributed by atoms with Crippen LogP contribution in [0.1, 0.15) is 12.0 Å². The molecule has 0 aliphatic carbocycles. The predicted molar refractivity (Wildman–Crippen MR) is 87.8 cm³/mol. The Kier molecular flexibility index (Phi) is 6.67. The largest absolute Gasteiger partial charge is 0.382 e. The first-order valence-corrected chi connectivity index (χ1v) is 7.55. The highest BCUT2D eigenvalue weighted by atomic mass is 16.5. The van der Waals surface area contributed by atoms with Gasteiger partial charge in [-0.25, -0.2) is 0 Å². The second-order valence-corrected chi connectivity index (χ2v) is 5.22. The summed E-state index contributed by atoms with van der Waals surface area (Å²) in [6.07, 6.45) is 2.02. The minimum Gasteiger partial charge on any atom is -0.382 e. The Hall–Kier alpha value is -1.42. The molecule has 0 radical (unpaired) electrons. The van der Waals surface area contributed by atoms with Crippen molar-refractivity contribution in [3.05, 3.63) is 48.0 Å². The maximum absolute atomic E-state index is 5.57. The molecule has 21 heavy (non-hydrogen) atoms. The first kappa shape index (κ1) is 16.0. The van der Waals surface area contributed by atoms with Crippen LogP contribution in [0.5, 0.6) is 0 Å². The minimum absolute atomic E-state index is 0.429. The first-order chi connectivity index (χ1) is 10.3. The zero-order chi connectivity index (χ0) is 14.9. The molecule has 2 aromatic carbocycles. The van der Waals surface area contributed by atoms with Crippen molar-refractivity contribution >= 4 is 10.8 Å². The fourth-order valence-corrected chi connectivity index (χ4v) is 2.55. The SMILES string of the molecule is CNC(CCOCCOC)Cc1cccc2ccccc12.